The van der Waals surface area contributed by atoms with Crippen LogP contribution in [0.4, 0.5) is 10.1 Å². The van der Waals surface area contributed by atoms with Gasteiger partial charge in [-0.2, -0.15) is 0 Å². The van der Waals surface area contributed by atoms with Crippen molar-refractivity contribution in [3.05, 3.63) is 124 Å². The van der Waals surface area contributed by atoms with Crippen LogP contribution in [0.3, 0.4) is 0 Å². The molecule has 5 aromatic rings. The fraction of sp³-hybridized carbons (Fsp3) is 0.182. The van der Waals surface area contributed by atoms with Crippen LogP contribution < -0.4 is 19.2 Å². The van der Waals surface area contributed by atoms with Gasteiger partial charge in [0.25, 0.3) is 0 Å². The molecule has 0 N–H and O–H groups in total. The number of halogens is 1. The monoisotopic (exact) mass is 585 g/mol. The summed E-state index contributed by atoms with van der Waals surface area (Å²) < 4.78 is 60.4. The van der Waals surface area contributed by atoms with E-state index in [-0.39, 0.29) is 65.0 Å². The van der Waals surface area contributed by atoms with Crippen LogP contribution in [-0.4, -0.2) is 20.7 Å². The van der Waals surface area contributed by atoms with Gasteiger partial charge in [0.2, 0.25) is 21.2 Å². The fourth-order valence-electron chi connectivity index (χ4n) is 5.04. The van der Waals surface area contributed by atoms with E-state index in [0.29, 0.717) is 12.0 Å². The van der Waals surface area contributed by atoms with Gasteiger partial charge in [-0.15, -0.1) is 0 Å². The molecule has 42 heavy (non-hydrogen) atoms. The molecule has 0 radical (unpaired) electrons. The van der Waals surface area contributed by atoms with Crippen LogP contribution in [0, 0.1) is 12.7 Å². The largest absolute Gasteiger partial charge is 0.486 e. The number of aryl methyl sites for hydroxylation is 1. The fourth-order valence-corrected chi connectivity index (χ4v) is 6.60. The van der Waals surface area contributed by atoms with Gasteiger partial charge in [0.05, 0.1) is 16.8 Å². The highest BCUT2D eigenvalue weighted by molar-refractivity contribution is 7.93. The molecule has 1 saturated heterocycles. The Bertz CT molecular complexity index is 1920. The molecule has 2 heterocycles. The topological polar surface area (TPSA) is 86.1 Å². The van der Waals surface area contributed by atoms with Crippen LogP contribution in [0.15, 0.2) is 100 Å². The third-order valence-corrected chi connectivity index (χ3v) is 8.96. The molecule has 0 amide bonds. The SMILES string of the molecule is Cc1cc(N2CCCS2(=O)=O)c2oc(-c3ccc(OCc4ccccc4)c(F)c3)c(OCc3ccccc3)c(=O)c2c1. The van der Waals surface area contributed by atoms with Gasteiger partial charge >= 0.3 is 0 Å². The Labute approximate surface area is 242 Å². The molecule has 0 unspecified atom stereocenters. The lowest BCUT2D eigenvalue weighted by Crippen LogP contribution is -2.25. The number of sulfonamides is 1. The minimum absolute atomic E-state index is 0.00126. The zero-order valence-corrected chi connectivity index (χ0v) is 23.7. The Balaban J connectivity index is 1.47. The number of rotatable bonds is 8. The minimum Gasteiger partial charge on any atom is -0.486 e. The van der Waals surface area contributed by atoms with E-state index < -0.39 is 21.3 Å². The Morgan fingerprint density at radius 2 is 1.55 bits per heavy atom. The second kappa shape index (κ2) is 11.3. The second-order valence-corrected chi connectivity index (χ2v) is 12.2. The number of hydrogen-bond donors (Lipinski definition) is 0. The van der Waals surface area contributed by atoms with Crippen molar-refractivity contribution in [3.63, 3.8) is 0 Å². The van der Waals surface area contributed by atoms with E-state index in [0.717, 1.165) is 11.1 Å². The number of fused-ring (bicyclic) bond motifs is 1. The van der Waals surface area contributed by atoms with Crippen molar-refractivity contribution in [3.8, 4) is 22.8 Å². The highest BCUT2D eigenvalue weighted by atomic mass is 32.2. The normalized spacial score (nSPS) is 14.3. The predicted octanol–water partition coefficient (Wildman–Crippen LogP) is 6.61. The van der Waals surface area contributed by atoms with Crippen molar-refractivity contribution < 1.29 is 26.7 Å². The Morgan fingerprint density at radius 3 is 2.17 bits per heavy atom. The smallest absolute Gasteiger partial charge is 0.235 e. The summed E-state index contributed by atoms with van der Waals surface area (Å²) in [5.41, 5.74) is 2.55. The van der Waals surface area contributed by atoms with Gasteiger partial charge in [-0.1, -0.05) is 60.7 Å². The van der Waals surface area contributed by atoms with Crippen molar-refractivity contribution in [2.45, 2.75) is 26.6 Å². The standard InChI is InChI=1S/C33H28FNO6S/c1-22-17-26-30(36)33(40-21-24-11-6-3-7-12-24)31(41-32(26)28(18-22)35-15-8-16-42(35,37)38)25-13-14-29(27(34)19-25)39-20-23-9-4-2-5-10-23/h2-7,9-14,17-19H,8,15-16,20-21H2,1H3. The molecule has 0 spiro atoms. The maximum atomic E-state index is 15.3. The number of anilines is 1. The molecule has 0 saturated carbocycles. The Hall–Kier alpha value is -4.63. The van der Waals surface area contributed by atoms with Crippen LogP contribution in [-0.2, 0) is 23.2 Å². The predicted molar refractivity (Wildman–Crippen MR) is 160 cm³/mol. The van der Waals surface area contributed by atoms with Gasteiger partial charge in [0.1, 0.15) is 13.2 Å². The maximum Gasteiger partial charge on any atom is 0.235 e. The Kier molecular flexibility index (Phi) is 7.43. The van der Waals surface area contributed by atoms with Gasteiger partial charge in [-0.25, -0.2) is 12.8 Å². The van der Waals surface area contributed by atoms with Crippen LogP contribution in [0.2, 0.25) is 0 Å². The molecule has 1 aliphatic rings. The molecular weight excluding hydrogens is 557 g/mol. The summed E-state index contributed by atoms with van der Waals surface area (Å²) in [5, 5.41) is 0.183. The third kappa shape index (κ3) is 5.47. The molecular formula is C33H28FNO6S. The van der Waals surface area contributed by atoms with Crippen molar-refractivity contribution in [2.24, 2.45) is 0 Å². The lowest BCUT2D eigenvalue weighted by molar-refractivity contribution is 0.290. The first kappa shape index (κ1) is 27.5. The number of ether oxygens (including phenoxy) is 2. The summed E-state index contributed by atoms with van der Waals surface area (Å²) in [6.07, 6.45) is 0.461. The van der Waals surface area contributed by atoms with Crippen LogP contribution in [0.1, 0.15) is 23.1 Å². The van der Waals surface area contributed by atoms with Crippen molar-refractivity contribution in [1.29, 1.82) is 0 Å². The van der Waals surface area contributed by atoms with Gasteiger partial charge in [0, 0.05) is 12.1 Å². The minimum atomic E-state index is -3.57. The summed E-state index contributed by atoms with van der Waals surface area (Å²) in [7, 11) is -3.57. The number of benzene rings is 4. The summed E-state index contributed by atoms with van der Waals surface area (Å²) in [6.45, 7) is 2.31. The van der Waals surface area contributed by atoms with E-state index in [1.807, 2.05) is 60.7 Å². The Morgan fingerprint density at radius 1 is 0.881 bits per heavy atom. The molecule has 0 atom stereocenters. The van der Waals surface area contributed by atoms with Gasteiger partial charge in [0.15, 0.2) is 22.9 Å². The van der Waals surface area contributed by atoms with Crippen molar-refractivity contribution in [2.75, 3.05) is 16.6 Å². The summed E-state index contributed by atoms with van der Waals surface area (Å²) in [4.78, 5) is 14.0. The maximum absolute atomic E-state index is 15.3. The summed E-state index contributed by atoms with van der Waals surface area (Å²) >= 11 is 0. The summed E-state index contributed by atoms with van der Waals surface area (Å²) in [6, 6.07) is 26.3. The molecule has 0 aliphatic carbocycles. The average molecular weight is 586 g/mol. The zero-order chi connectivity index (χ0) is 29.3. The van der Waals surface area contributed by atoms with Gasteiger partial charge in [-0.05, 0) is 60.4 Å². The van der Waals surface area contributed by atoms with Crippen LogP contribution >= 0.6 is 0 Å². The van der Waals surface area contributed by atoms with Crippen molar-refractivity contribution >= 4 is 26.7 Å². The second-order valence-electron chi connectivity index (χ2n) is 10.2. The van der Waals surface area contributed by atoms with Gasteiger partial charge < -0.3 is 13.9 Å². The first-order chi connectivity index (χ1) is 20.3. The van der Waals surface area contributed by atoms with E-state index in [1.54, 1.807) is 25.1 Å². The van der Waals surface area contributed by atoms with Crippen LogP contribution in [0.25, 0.3) is 22.3 Å². The molecule has 7 nitrogen and oxygen atoms in total. The molecule has 9 heteroatoms. The van der Waals surface area contributed by atoms with Crippen LogP contribution in [0.5, 0.6) is 11.5 Å². The molecule has 1 aromatic heterocycles. The quantitative estimate of drug-likeness (QED) is 0.204. The number of nitrogens with zero attached hydrogens (tertiary/aromatic N) is 1. The van der Waals surface area contributed by atoms with E-state index in [9.17, 15) is 13.2 Å². The van der Waals surface area contributed by atoms with E-state index in [4.69, 9.17) is 13.9 Å². The molecule has 214 valence electrons. The summed E-state index contributed by atoms with van der Waals surface area (Å²) in [5.74, 6) is -0.695. The lowest BCUT2D eigenvalue weighted by atomic mass is 10.1. The van der Waals surface area contributed by atoms with E-state index in [2.05, 4.69) is 0 Å². The molecule has 4 aromatic carbocycles. The molecule has 0 bridgehead atoms. The molecule has 1 aliphatic heterocycles. The first-order valence-electron chi connectivity index (χ1n) is 13.6. The first-order valence-corrected chi connectivity index (χ1v) is 15.2. The van der Waals surface area contributed by atoms with E-state index >= 15 is 4.39 Å². The number of hydrogen-bond acceptors (Lipinski definition) is 6. The van der Waals surface area contributed by atoms with Crippen molar-refractivity contribution in [1.82, 2.24) is 0 Å². The molecule has 1 fully saturated rings. The van der Waals surface area contributed by atoms with E-state index in [1.165, 1.54) is 16.4 Å². The average Bonchev–Trinajstić information content (AvgIpc) is 3.35. The van der Waals surface area contributed by atoms with Gasteiger partial charge in [-0.3, -0.25) is 9.10 Å². The highest BCUT2D eigenvalue weighted by Crippen LogP contribution is 2.39. The third-order valence-electron chi connectivity index (χ3n) is 7.10. The molecule has 6 rings (SSSR count). The zero-order valence-electron chi connectivity index (χ0n) is 22.9. The lowest BCUT2D eigenvalue weighted by Gasteiger charge is -2.20. The highest BCUT2D eigenvalue weighted by Gasteiger charge is 2.32.